The lowest BCUT2D eigenvalue weighted by Gasteiger charge is -2.24. The van der Waals surface area contributed by atoms with Gasteiger partial charge in [-0.15, -0.1) is 0 Å². The van der Waals surface area contributed by atoms with Gasteiger partial charge in [0.15, 0.2) is 0 Å². The van der Waals surface area contributed by atoms with Crippen molar-refractivity contribution in [1.82, 2.24) is 0 Å². The van der Waals surface area contributed by atoms with Gasteiger partial charge in [-0.3, -0.25) is 0 Å². The van der Waals surface area contributed by atoms with E-state index >= 15 is 0 Å². The average Bonchev–Trinajstić information content (AvgIpc) is 3.24. The number of hydrogen-bond donors (Lipinski definition) is 0. The van der Waals surface area contributed by atoms with Crippen molar-refractivity contribution in [2.45, 2.75) is 57.0 Å². The molecule has 3 aliphatic rings. The number of rotatable bonds is 3. The zero-order chi connectivity index (χ0) is 15.2. The molecular weight excluding hydrogens is 272 g/mol. The fourth-order valence-electron chi connectivity index (χ4n) is 4.57. The number of carbonyl (C=O) groups is 1. The largest absolute Gasteiger partial charge is 0.456 e. The van der Waals surface area contributed by atoms with Crippen LogP contribution in [-0.2, 0) is 4.74 Å². The third kappa shape index (κ3) is 2.49. The molecule has 1 aromatic rings. The Morgan fingerprint density at radius 1 is 1.18 bits per heavy atom. The van der Waals surface area contributed by atoms with E-state index in [0.717, 1.165) is 24.3 Å². The Bertz CT molecular complexity index is 610. The lowest BCUT2D eigenvalue weighted by atomic mass is 9.86. The zero-order valence-electron chi connectivity index (χ0n) is 13.3. The summed E-state index contributed by atoms with van der Waals surface area (Å²) in [6.07, 6.45) is 11.6. The first kappa shape index (κ1) is 14.0. The molecule has 1 aromatic carbocycles. The molecule has 2 saturated carbocycles. The summed E-state index contributed by atoms with van der Waals surface area (Å²) in [7, 11) is 0. The second kappa shape index (κ2) is 5.26. The SMILES string of the molecule is CC1(OC(=O)c2cccc(C3CC4C=CC3C4)c2)CCCC1. The minimum absolute atomic E-state index is 0.148. The van der Waals surface area contributed by atoms with Crippen LogP contribution < -0.4 is 0 Å². The van der Waals surface area contributed by atoms with Crippen LogP contribution >= 0.6 is 0 Å². The second-order valence-corrected chi connectivity index (χ2v) is 7.56. The topological polar surface area (TPSA) is 26.3 Å². The molecule has 22 heavy (non-hydrogen) atoms. The van der Waals surface area contributed by atoms with Crippen molar-refractivity contribution in [3.63, 3.8) is 0 Å². The quantitative estimate of drug-likeness (QED) is 0.588. The molecule has 2 bridgehead atoms. The molecule has 2 fully saturated rings. The average molecular weight is 296 g/mol. The van der Waals surface area contributed by atoms with Gasteiger partial charge >= 0.3 is 5.97 Å². The Hall–Kier alpha value is -1.57. The minimum atomic E-state index is -0.248. The lowest BCUT2D eigenvalue weighted by Crippen LogP contribution is -2.28. The third-order valence-corrected chi connectivity index (χ3v) is 5.83. The predicted molar refractivity (Wildman–Crippen MR) is 86.8 cm³/mol. The molecular formula is C20H24O2. The van der Waals surface area contributed by atoms with E-state index in [4.69, 9.17) is 4.74 Å². The maximum absolute atomic E-state index is 12.5. The van der Waals surface area contributed by atoms with Gasteiger partial charge in [0, 0.05) is 0 Å². The maximum Gasteiger partial charge on any atom is 0.338 e. The Morgan fingerprint density at radius 3 is 2.68 bits per heavy atom. The van der Waals surface area contributed by atoms with Crippen LogP contribution in [-0.4, -0.2) is 11.6 Å². The second-order valence-electron chi connectivity index (χ2n) is 7.56. The van der Waals surface area contributed by atoms with Crippen LogP contribution in [0.2, 0.25) is 0 Å². The summed E-state index contributed by atoms with van der Waals surface area (Å²) in [6.45, 7) is 2.07. The van der Waals surface area contributed by atoms with Crippen molar-refractivity contribution < 1.29 is 9.53 Å². The Labute approximate surface area is 132 Å². The Morgan fingerprint density at radius 2 is 2.00 bits per heavy atom. The third-order valence-electron chi connectivity index (χ3n) is 5.83. The van der Waals surface area contributed by atoms with E-state index in [-0.39, 0.29) is 11.6 Å². The van der Waals surface area contributed by atoms with E-state index < -0.39 is 0 Å². The highest BCUT2D eigenvalue weighted by atomic mass is 16.6. The summed E-state index contributed by atoms with van der Waals surface area (Å²) in [4.78, 5) is 12.5. The number of benzene rings is 1. The molecule has 0 amide bonds. The van der Waals surface area contributed by atoms with Crippen LogP contribution in [0.1, 0.15) is 67.3 Å². The summed E-state index contributed by atoms with van der Waals surface area (Å²) in [5, 5.41) is 0. The fraction of sp³-hybridized carbons (Fsp3) is 0.550. The van der Waals surface area contributed by atoms with Gasteiger partial charge in [0.1, 0.15) is 5.60 Å². The molecule has 2 heteroatoms. The van der Waals surface area contributed by atoms with Crippen molar-refractivity contribution in [3.05, 3.63) is 47.5 Å². The number of carbonyl (C=O) groups excluding carboxylic acids is 1. The van der Waals surface area contributed by atoms with Crippen molar-refractivity contribution in [2.24, 2.45) is 11.8 Å². The molecule has 0 heterocycles. The highest BCUT2D eigenvalue weighted by Crippen LogP contribution is 2.48. The van der Waals surface area contributed by atoms with Gasteiger partial charge in [0.25, 0.3) is 0 Å². The van der Waals surface area contributed by atoms with Gasteiger partial charge in [0.2, 0.25) is 0 Å². The van der Waals surface area contributed by atoms with E-state index in [1.54, 1.807) is 0 Å². The van der Waals surface area contributed by atoms with Crippen LogP contribution in [0, 0.1) is 11.8 Å². The van der Waals surface area contributed by atoms with Gasteiger partial charge in [-0.25, -0.2) is 4.79 Å². The van der Waals surface area contributed by atoms with Gasteiger partial charge in [-0.2, -0.15) is 0 Å². The van der Waals surface area contributed by atoms with E-state index in [1.807, 2.05) is 12.1 Å². The zero-order valence-corrected chi connectivity index (χ0v) is 13.3. The van der Waals surface area contributed by atoms with Crippen molar-refractivity contribution in [2.75, 3.05) is 0 Å². The molecule has 0 saturated heterocycles. The lowest BCUT2D eigenvalue weighted by molar-refractivity contribution is -0.00610. The minimum Gasteiger partial charge on any atom is -0.456 e. The number of hydrogen-bond acceptors (Lipinski definition) is 2. The van der Waals surface area contributed by atoms with Crippen LogP contribution in [0.25, 0.3) is 0 Å². The molecule has 2 nitrogen and oxygen atoms in total. The fourth-order valence-corrected chi connectivity index (χ4v) is 4.57. The monoisotopic (exact) mass is 296 g/mol. The predicted octanol–water partition coefficient (Wildman–Crippen LogP) is 4.86. The first-order chi connectivity index (χ1) is 10.6. The highest BCUT2D eigenvalue weighted by Gasteiger charge is 2.37. The molecule has 116 valence electrons. The molecule has 3 unspecified atom stereocenters. The van der Waals surface area contributed by atoms with Crippen molar-refractivity contribution >= 4 is 5.97 Å². The summed E-state index contributed by atoms with van der Waals surface area (Å²) in [6, 6.07) is 8.15. The molecule has 3 atom stereocenters. The molecule has 0 radical (unpaired) electrons. The standard InChI is InChI=1S/C20H24O2/c1-20(9-2-3-10-20)22-19(21)17-6-4-5-15(13-17)18-12-14-7-8-16(18)11-14/h4-8,13-14,16,18H,2-3,9-12H2,1H3. The summed E-state index contributed by atoms with van der Waals surface area (Å²) < 4.78 is 5.81. The normalized spacial score (nSPS) is 31.6. The summed E-state index contributed by atoms with van der Waals surface area (Å²) in [5.74, 6) is 1.86. The van der Waals surface area contributed by atoms with Crippen LogP contribution in [0.4, 0.5) is 0 Å². The Balaban J connectivity index is 1.52. The Kier molecular flexibility index (Phi) is 3.36. The van der Waals surface area contributed by atoms with Gasteiger partial charge in [-0.1, -0.05) is 24.3 Å². The number of ether oxygens (including phenoxy) is 1. The van der Waals surface area contributed by atoms with Crippen molar-refractivity contribution in [3.8, 4) is 0 Å². The molecule has 0 aliphatic heterocycles. The van der Waals surface area contributed by atoms with Gasteiger partial charge in [0.05, 0.1) is 5.56 Å². The molecule has 0 spiro atoms. The molecule has 4 rings (SSSR count). The maximum atomic E-state index is 12.5. The van der Waals surface area contributed by atoms with Crippen LogP contribution in [0.5, 0.6) is 0 Å². The first-order valence-corrected chi connectivity index (χ1v) is 8.65. The van der Waals surface area contributed by atoms with Crippen molar-refractivity contribution in [1.29, 1.82) is 0 Å². The first-order valence-electron chi connectivity index (χ1n) is 8.65. The van der Waals surface area contributed by atoms with Gasteiger partial charge < -0.3 is 4.74 Å². The van der Waals surface area contributed by atoms with E-state index in [0.29, 0.717) is 11.8 Å². The summed E-state index contributed by atoms with van der Waals surface area (Å²) in [5.41, 5.74) is 1.78. The number of esters is 1. The smallest absolute Gasteiger partial charge is 0.338 e. The molecule has 0 aromatic heterocycles. The van der Waals surface area contributed by atoms with E-state index in [2.05, 4.69) is 31.2 Å². The van der Waals surface area contributed by atoms with Gasteiger partial charge in [-0.05, 0) is 80.9 Å². The van der Waals surface area contributed by atoms with E-state index in [9.17, 15) is 4.79 Å². The van der Waals surface area contributed by atoms with E-state index in [1.165, 1.54) is 31.2 Å². The number of fused-ring (bicyclic) bond motifs is 2. The highest BCUT2D eigenvalue weighted by molar-refractivity contribution is 5.90. The molecule has 0 N–H and O–H groups in total. The van der Waals surface area contributed by atoms with Crippen LogP contribution in [0.3, 0.4) is 0 Å². The molecule has 3 aliphatic carbocycles. The number of allylic oxidation sites excluding steroid dienone is 2. The summed E-state index contributed by atoms with van der Waals surface area (Å²) >= 11 is 0. The van der Waals surface area contributed by atoms with Crippen LogP contribution in [0.15, 0.2) is 36.4 Å².